The average molecular weight is 303 g/mol. The van der Waals surface area contributed by atoms with Crippen LogP contribution in [-0.2, 0) is 4.79 Å². The number of ether oxygens (including phenoxy) is 1. The first-order valence-corrected chi connectivity index (χ1v) is 7.28. The van der Waals surface area contributed by atoms with Gasteiger partial charge in [-0.1, -0.05) is 19.0 Å². The van der Waals surface area contributed by atoms with Crippen molar-refractivity contribution in [2.75, 3.05) is 6.61 Å². The van der Waals surface area contributed by atoms with Crippen molar-refractivity contribution in [3.8, 4) is 17.1 Å². The standard InChI is InChI=1S/C16H21N3O3/c1-10(2)11(3)17-15(20)9-21-14-7-5-13(6-8-14)16-18-12(4)22-19-16/h5-8,10-11H,9H2,1-4H3,(H,17,20)/t11-/m0/s1. The molecule has 1 aromatic heterocycles. The van der Waals surface area contributed by atoms with E-state index in [0.717, 1.165) is 5.56 Å². The summed E-state index contributed by atoms with van der Waals surface area (Å²) in [5, 5.41) is 6.74. The van der Waals surface area contributed by atoms with E-state index in [9.17, 15) is 4.79 Å². The van der Waals surface area contributed by atoms with Crippen LogP contribution in [0.3, 0.4) is 0 Å². The monoisotopic (exact) mass is 303 g/mol. The van der Waals surface area contributed by atoms with E-state index in [1.54, 1.807) is 19.1 Å². The quantitative estimate of drug-likeness (QED) is 0.887. The minimum absolute atomic E-state index is 0.00226. The third-order valence-corrected chi connectivity index (χ3v) is 3.40. The Kier molecular flexibility index (Phi) is 5.14. The van der Waals surface area contributed by atoms with Crippen molar-refractivity contribution in [3.05, 3.63) is 30.2 Å². The number of hydrogen-bond acceptors (Lipinski definition) is 5. The fourth-order valence-corrected chi connectivity index (χ4v) is 1.73. The topological polar surface area (TPSA) is 77.2 Å². The minimum Gasteiger partial charge on any atom is -0.484 e. The maximum atomic E-state index is 11.8. The van der Waals surface area contributed by atoms with Gasteiger partial charge in [0.2, 0.25) is 11.7 Å². The molecule has 0 aliphatic rings. The Morgan fingerprint density at radius 1 is 1.27 bits per heavy atom. The molecule has 0 aliphatic carbocycles. The highest BCUT2D eigenvalue weighted by Crippen LogP contribution is 2.19. The molecule has 1 aromatic carbocycles. The number of carbonyl (C=O) groups is 1. The number of carbonyl (C=O) groups excluding carboxylic acids is 1. The van der Waals surface area contributed by atoms with E-state index >= 15 is 0 Å². The summed E-state index contributed by atoms with van der Waals surface area (Å²) in [5.74, 6) is 1.94. The van der Waals surface area contributed by atoms with E-state index < -0.39 is 0 Å². The molecule has 0 saturated heterocycles. The highest BCUT2D eigenvalue weighted by molar-refractivity contribution is 5.77. The van der Waals surface area contributed by atoms with E-state index in [1.807, 2.05) is 19.1 Å². The largest absolute Gasteiger partial charge is 0.484 e. The molecule has 0 unspecified atom stereocenters. The molecule has 6 heteroatoms. The van der Waals surface area contributed by atoms with Gasteiger partial charge < -0.3 is 14.6 Å². The van der Waals surface area contributed by atoms with Gasteiger partial charge in [0.1, 0.15) is 5.75 Å². The van der Waals surface area contributed by atoms with Crippen LogP contribution in [0, 0.1) is 12.8 Å². The van der Waals surface area contributed by atoms with Gasteiger partial charge in [0, 0.05) is 18.5 Å². The van der Waals surface area contributed by atoms with Crippen molar-refractivity contribution in [1.82, 2.24) is 15.5 Å². The van der Waals surface area contributed by atoms with E-state index in [1.165, 1.54) is 0 Å². The zero-order valence-corrected chi connectivity index (χ0v) is 13.3. The fourth-order valence-electron chi connectivity index (χ4n) is 1.73. The van der Waals surface area contributed by atoms with Crippen LogP contribution in [0.5, 0.6) is 5.75 Å². The normalized spacial score (nSPS) is 12.2. The lowest BCUT2D eigenvalue weighted by Gasteiger charge is -2.17. The Morgan fingerprint density at radius 2 is 1.95 bits per heavy atom. The molecule has 0 saturated carbocycles. The summed E-state index contributed by atoms with van der Waals surface area (Å²) < 4.78 is 10.4. The number of aromatic nitrogens is 2. The van der Waals surface area contributed by atoms with Crippen molar-refractivity contribution in [3.63, 3.8) is 0 Å². The number of aryl methyl sites for hydroxylation is 1. The molecule has 118 valence electrons. The van der Waals surface area contributed by atoms with Gasteiger partial charge in [-0.3, -0.25) is 4.79 Å². The summed E-state index contributed by atoms with van der Waals surface area (Å²) in [7, 11) is 0. The number of hydrogen-bond donors (Lipinski definition) is 1. The molecule has 0 bridgehead atoms. The van der Waals surface area contributed by atoms with Crippen LogP contribution in [-0.4, -0.2) is 28.7 Å². The van der Waals surface area contributed by atoms with Gasteiger partial charge in [-0.2, -0.15) is 4.98 Å². The average Bonchev–Trinajstić information content (AvgIpc) is 2.92. The maximum Gasteiger partial charge on any atom is 0.258 e. The van der Waals surface area contributed by atoms with Gasteiger partial charge in [0.25, 0.3) is 5.91 Å². The SMILES string of the molecule is Cc1nc(-c2ccc(OCC(=O)N[C@@H](C)C(C)C)cc2)no1. The van der Waals surface area contributed by atoms with Gasteiger partial charge >= 0.3 is 0 Å². The zero-order valence-electron chi connectivity index (χ0n) is 13.3. The van der Waals surface area contributed by atoms with Gasteiger partial charge in [0.15, 0.2) is 6.61 Å². The first-order chi connectivity index (χ1) is 10.5. The third kappa shape index (κ3) is 4.31. The second-order valence-corrected chi connectivity index (χ2v) is 5.55. The molecule has 0 fully saturated rings. The molecular formula is C16H21N3O3. The number of rotatable bonds is 6. The van der Waals surface area contributed by atoms with Crippen LogP contribution in [0.2, 0.25) is 0 Å². The van der Waals surface area contributed by atoms with Crippen LogP contribution < -0.4 is 10.1 Å². The summed E-state index contributed by atoms with van der Waals surface area (Å²) in [6.07, 6.45) is 0. The third-order valence-electron chi connectivity index (χ3n) is 3.40. The predicted octanol–water partition coefficient (Wildman–Crippen LogP) is 2.58. The van der Waals surface area contributed by atoms with Crippen molar-refractivity contribution < 1.29 is 14.1 Å². The molecule has 1 amide bonds. The second kappa shape index (κ2) is 7.06. The molecule has 0 spiro atoms. The Labute approximate surface area is 129 Å². The lowest BCUT2D eigenvalue weighted by molar-refractivity contribution is -0.124. The first-order valence-electron chi connectivity index (χ1n) is 7.28. The van der Waals surface area contributed by atoms with Gasteiger partial charge in [-0.05, 0) is 37.1 Å². The minimum atomic E-state index is -0.126. The van der Waals surface area contributed by atoms with Crippen molar-refractivity contribution >= 4 is 5.91 Å². The number of nitrogens with zero attached hydrogens (tertiary/aromatic N) is 2. The Bertz CT molecular complexity index is 620. The maximum absolute atomic E-state index is 11.8. The zero-order chi connectivity index (χ0) is 16.1. The van der Waals surface area contributed by atoms with E-state index in [-0.39, 0.29) is 18.6 Å². The molecule has 0 aliphatic heterocycles. The van der Waals surface area contributed by atoms with Crippen LogP contribution in [0.1, 0.15) is 26.7 Å². The highest BCUT2D eigenvalue weighted by Gasteiger charge is 2.11. The summed E-state index contributed by atoms with van der Waals surface area (Å²) in [6, 6.07) is 7.34. The van der Waals surface area contributed by atoms with E-state index in [2.05, 4.69) is 29.3 Å². The molecular weight excluding hydrogens is 282 g/mol. The van der Waals surface area contributed by atoms with E-state index in [0.29, 0.717) is 23.4 Å². The molecule has 1 heterocycles. The lowest BCUT2D eigenvalue weighted by Crippen LogP contribution is -2.38. The van der Waals surface area contributed by atoms with Gasteiger partial charge in [-0.25, -0.2) is 0 Å². The molecule has 6 nitrogen and oxygen atoms in total. The summed E-state index contributed by atoms with van der Waals surface area (Å²) in [5.41, 5.74) is 0.835. The highest BCUT2D eigenvalue weighted by atomic mass is 16.5. The van der Waals surface area contributed by atoms with Crippen molar-refractivity contribution in [2.45, 2.75) is 33.7 Å². The molecule has 2 aromatic rings. The smallest absolute Gasteiger partial charge is 0.258 e. The predicted molar refractivity (Wildman–Crippen MR) is 82.4 cm³/mol. The molecule has 1 atom stereocenters. The second-order valence-electron chi connectivity index (χ2n) is 5.55. The van der Waals surface area contributed by atoms with Gasteiger partial charge in [0.05, 0.1) is 0 Å². The Balaban J connectivity index is 1.88. The summed E-state index contributed by atoms with van der Waals surface area (Å²) >= 11 is 0. The van der Waals surface area contributed by atoms with Crippen LogP contribution in [0.25, 0.3) is 11.4 Å². The molecule has 0 radical (unpaired) electrons. The van der Waals surface area contributed by atoms with Crippen molar-refractivity contribution in [1.29, 1.82) is 0 Å². The molecule has 22 heavy (non-hydrogen) atoms. The first kappa shape index (κ1) is 16.0. The molecule has 2 rings (SSSR count). The lowest BCUT2D eigenvalue weighted by atomic mass is 10.1. The van der Waals surface area contributed by atoms with Crippen molar-refractivity contribution in [2.24, 2.45) is 5.92 Å². The Hall–Kier alpha value is -2.37. The van der Waals surface area contributed by atoms with Crippen LogP contribution >= 0.6 is 0 Å². The number of nitrogens with one attached hydrogen (secondary N) is 1. The number of benzene rings is 1. The van der Waals surface area contributed by atoms with Crippen LogP contribution in [0.4, 0.5) is 0 Å². The van der Waals surface area contributed by atoms with E-state index in [4.69, 9.17) is 9.26 Å². The number of amides is 1. The summed E-state index contributed by atoms with van der Waals surface area (Å²) in [6.45, 7) is 7.83. The Morgan fingerprint density at radius 3 is 2.50 bits per heavy atom. The summed E-state index contributed by atoms with van der Waals surface area (Å²) in [4.78, 5) is 15.9. The van der Waals surface area contributed by atoms with Gasteiger partial charge in [-0.15, -0.1) is 0 Å². The fraction of sp³-hybridized carbons (Fsp3) is 0.438. The van der Waals surface area contributed by atoms with Crippen LogP contribution in [0.15, 0.2) is 28.8 Å². The molecule has 1 N–H and O–H groups in total.